The predicted octanol–water partition coefficient (Wildman–Crippen LogP) is 3.11. The van der Waals surface area contributed by atoms with Crippen LogP contribution in [-0.4, -0.2) is 57.5 Å². The van der Waals surface area contributed by atoms with Crippen LogP contribution >= 0.6 is 0 Å². The third kappa shape index (κ3) is 3.95. The minimum Gasteiger partial charge on any atom is -0.376 e. The van der Waals surface area contributed by atoms with E-state index in [4.69, 9.17) is 4.74 Å². The largest absolute Gasteiger partial charge is 0.376 e. The molecular formula is C25H28N4O4. The highest BCUT2D eigenvalue weighted by atomic mass is 16.5. The maximum atomic E-state index is 13.1. The molecular weight excluding hydrogens is 420 g/mol. The number of Topliss-reactive ketones (excluding diaryl/α,β-unsaturated/α-hetero) is 1. The van der Waals surface area contributed by atoms with Crippen molar-refractivity contribution in [2.45, 2.75) is 51.8 Å². The number of aryl methyl sites for hydroxylation is 1. The van der Waals surface area contributed by atoms with Crippen molar-refractivity contribution in [1.29, 1.82) is 0 Å². The fourth-order valence-corrected chi connectivity index (χ4v) is 4.97. The van der Waals surface area contributed by atoms with Gasteiger partial charge in [-0.25, -0.2) is 4.79 Å². The van der Waals surface area contributed by atoms with E-state index in [0.29, 0.717) is 18.5 Å². The molecule has 2 aromatic heterocycles. The number of aromatic amines is 1. The normalized spacial score (nSPS) is 20.7. The maximum Gasteiger partial charge on any atom is 0.325 e. The number of benzene rings is 1. The molecule has 3 amide bonds. The molecule has 0 aliphatic carbocycles. The highest BCUT2D eigenvalue weighted by molar-refractivity contribution is 6.09. The molecule has 0 spiro atoms. The number of rotatable bonds is 7. The highest BCUT2D eigenvalue weighted by Gasteiger charge is 2.39. The number of fused-ring (bicyclic) bond motifs is 1. The van der Waals surface area contributed by atoms with Crippen LogP contribution in [-0.2, 0) is 22.5 Å². The molecule has 0 saturated carbocycles. The molecule has 4 heterocycles. The van der Waals surface area contributed by atoms with Crippen molar-refractivity contribution in [1.82, 2.24) is 19.8 Å². The van der Waals surface area contributed by atoms with Crippen molar-refractivity contribution < 1.29 is 19.1 Å². The molecule has 8 heteroatoms. The molecule has 2 fully saturated rings. The Bertz CT molecular complexity index is 1230. The topological polar surface area (TPSA) is 96.4 Å². The lowest BCUT2D eigenvalue weighted by Gasteiger charge is -2.15. The summed E-state index contributed by atoms with van der Waals surface area (Å²) in [5.74, 6) is -0.607. The van der Waals surface area contributed by atoms with Gasteiger partial charge in [0.15, 0.2) is 5.78 Å². The molecule has 2 N–H and O–H groups in total. The van der Waals surface area contributed by atoms with Crippen LogP contribution in [0.1, 0.15) is 40.2 Å². The summed E-state index contributed by atoms with van der Waals surface area (Å²) in [6, 6.07) is 8.46. The molecule has 33 heavy (non-hydrogen) atoms. The van der Waals surface area contributed by atoms with Crippen LogP contribution in [0.5, 0.6) is 0 Å². The van der Waals surface area contributed by atoms with Crippen LogP contribution in [0.15, 0.2) is 36.5 Å². The number of ketones is 1. The number of amides is 3. The lowest BCUT2D eigenvalue weighted by atomic mass is 10.0. The minimum atomic E-state index is -0.684. The third-order valence-corrected chi connectivity index (χ3v) is 6.79. The fraction of sp³-hybridized carbons (Fsp3) is 0.400. The summed E-state index contributed by atoms with van der Waals surface area (Å²) in [5.41, 5.74) is 4.30. The number of urea groups is 1. The Hall–Kier alpha value is -3.39. The molecule has 0 unspecified atom stereocenters. The van der Waals surface area contributed by atoms with E-state index in [-0.39, 0.29) is 24.3 Å². The minimum absolute atomic E-state index is 0.161. The first-order valence-electron chi connectivity index (χ1n) is 11.4. The maximum absolute atomic E-state index is 13.1. The Morgan fingerprint density at radius 1 is 1.21 bits per heavy atom. The molecule has 2 aliphatic heterocycles. The Morgan fingerprint density at radius 3 is 2.82 bits per heavy atom. The molecule has 1 aromatic carbocycles. The zero-order chi connectivity index (χ0) is 23.1. The van der Waals surface area contributed by atoms with Gasteiger partial charge in [0.2, 0.25) is 0 Å². The van der Waals surface area contributed by atoms with Gasteiger partial charge in [-0.2, -0.15) is 0 Å². The van der Waals surface area contributed by atoms with Crippen molar-refractivity contribution in [2.75, 3.05) is 13.2 Å². The number of H-pyrrole nitrogens is 1. The summed E-state index contributed by atoms with van der Waals surface area (Å²) in [7, 11) is 0. The van der Waals surface area contributed by atoms with E-state index in [0.717, 1.165) is 52.2 Å². The lowest BCUT2D eigenvalue weighted by Crippen LogP contribution is -2.36. The Balaban J connectivity index is 1.29. The zero-order valence-electron chi connectivity index (χ0n) is 18.9. The molecule has 2 atom stereocenters. The SMILES string of the molecule is Cc1cc(C(=O)CN2C(=O)N[C@@H](Cc3c[nH]c4ccccc34)C2=O)c(C)n1C[C@@H]1CCCO1. The molecule has 5 rings (SSSR count). The monoisotopic (exact) mass is 448 g/mol. The van der Waals surface area contributed by atoms with Gasteiger partial charge in [-0.3, -0.25) is 14.5 Å². The van der Waals surface area contributed by atoms with Crippen molar-refractivity contribution in [3.05, 3.63) is 59.0 Å². The second-order valence-electron chi connectivity index (χ2n) is 8.94. The van der Waals surface area contributed by atoms with E-state index < -0.39 is 12.1 Å². The van der Waals surface area contributed by atoms with E-state index in [1.165, 1.54) is 0 Å². The Labute approximate surface area is 191 Å². The van der Waals surface area contributed by atoms with Crippen molar-refractivity contribution in [3.63, 3.8) is 0 Å². The van der Waals surface area contributed by atoms with E-state index in [2.05, 4.69) is 14.9 Å². The quantitative estimate of drug-likeness (QED) is 0.429. The molecule has 172 valence electrons. The zero-order valence-corrected chi connectivity index (χ0v) is 18.9. The van der Waals surface area contributed by atoms with Crippen LogP contribution in [0, 0.1) is 13.8 Å². The van der Waals surface area contributed by atoms with Crippen LogP contribution < -0.4 is 5.32 Å². The van der Waals surface area contributed by atoms with Gasteiger partial charge in [-0.05, 0) is 44.4 Å². The first kappa shape index (κ1) is 21.5. The average Bonchev–Trinajstić information content (AvgIpc) is 3.57. The Kier molecular flexibility index (Phi) is 5.54. The van der Waals surface area contributed by atoms with Crippen LogP contribution in [0.25, 0.3) is 10.9 Å². The van der Waals surface area contributed by atoms with Gasteiger partial charge in [0.05, 0.1) is 12.6 Å². The number of carbonyl (C=O) groups is 3. The number of aromatic nitrogens is 2. The summed E-state index contributed by atoms with van der Waals surface area (Å²) >= 11 is 0. The van der Waals surface area contributed by atoms with Crippen LogP contribution in [0.4, 0.5) is 4.79 Å². The molecule has 0 radical (unpaired) electrons. The number of ether oxygens (including phenoxy) is 1. The Morgan fingerprint density at radius 2 is 2.03 bits per heavy atom. The molecule has 3 aromatic rings. The fourth-order valence-electron chi connectivity index (χ4n) is 4.97. The van der Waals surface area contributed by atoms with E-state index in [1.807, 2.05) is 50.4 Å². The number of hydrogen-bond donors (Lipinski definition) is 2. The van der Waals surface area contributed by atoms with Crippen LogP contribution in [0.2, 0.25) is 0 Å². The number of nitrogens with zero attached hydrogens (tertiary/aromatic N) is 2. The predicted molar refractivity (Wildman–Crippen MR) is 123 cm³/mol. The molecule has 8 nitrogen and oxygen atoms in total. The summed E-state index contributed by atoms with van der Waals surface area (Å²) < 4.78 is 7.83. The van der Waals surface area contributed by atoms with Gasteiger partial charge in [0.25, 0.3) is 5.91 Å². The first-order valence-corrected chi connectivity index (χ1v) is 11.4. The second kappa shape index (κ2) is 8.51. The number of imide groups is 1. The van der Waals surface area contributed by atoms with E-state index in [9.17, 15) is 14.4 Å². The third-order valence-electron chi connectivity index (χ3n) is 6.79. The number of para-hydroxylation sites is 1. The van der Waals surface area contributed by atoms with Crippen molar-refractivity contribution in [3.8, 4) is 0 Å². The van der Waals surface area contributed by atoms with Gasteiger partial charge in [0, 0.05) is 53.6 Å². The van der Waals surface area contributed by atoms with Gasteiger partial charge >= 0.3 is 6.03 Å². The molecule has 2 saturated heterocycles. The first-order chi connectivity index (χ1) is 15.9. The van der Waals surface area contributed by atoms with Gasteiger partial charge in [-0.1, -0.05) is 18.2 Å². The summed E-state index contributed by atoms with van der Waals surface area (Å²) in [4.78, 5) is 42.9. The number of hydrogen-bond acceptors (Lipinski definition) is 4. The average molecular weight is 449 g/mol. The molecule has 2 aliphatic rings. The van der Waals surface area contributed by atoms with Gasteiger partial charge in [-0.15, -0.1) is 0 Å². The van der Waals surface area contributed by atoms with E-state index >= 15 is 0 Å². The number of carbonyl (C=O) groups excluding carboxylic acids is 3. The standard InChI is InChI=1S/C25H28N4O4/c1-15-10-20(16(2)28(15)13-18-6-5-9-33-18)23(30)14-29-24(31)22(27-25(29)32)11-17-12-26-21-8-4-3-7-19(17)21/h3-4,7-8,10,12,18,22,26H,5-6,9,11,13-14H2,1-2H3,(H,27,32)/t18-,22-/m0/s1. The van der Waals surface area contributed by atoms with Crippen molar-refractivity contribution in [2.24, 2.45) is 0 Å². The van der Waals surface area contributed by atoms with Crippen LogP contribution in [0.3, 0.4) is 0 Å². The highest BCUT2D eigenvalue weighted by Crippen LogP contribution is 2.23. The van der Waals surface area contributed by atoms with Gasteiger partial charge < -0.3 is 19.6 Å². The summed E-state index contributed by atoms with van der Waals surface area (Å²) in [6.45, 7) is 5.09. The molecule has 0 bridgehead atoms. The lowest BCUT2D eigenvalue weighted by molar-refractivity contribution is -0.127. The van der Waals surface area contributed by atoms with Crippen molar-refractivity contribution >= 4 is 28.6 Å². The summed E-state index contributed by atoms with van der Waals surface area (Å²) in [6.07, 6.45) is 4.46. The smallest absolute Gasteiger partial charge is 0.325 e. The van der Waals surface area contributed by atoms with E-state index in [1.54, 1.807) is 0 Å². The summed E-state index contributed by atoms with van der Waals surface area (Å²) in [5, 5.41) is 3.76. The second-order valence-corrected chi connectivity index (χ2v) is 8.94. The van der Waals surface area contributed by atoms with Gasteiger partial charge in [0.1, 0.15) is 6.04 Å². The number of nitrogens with one attached hydrogen (secondary N) is 2.